The van der Waals surface area contributed by atoms with E-state index in [-0.39, 0.29) is 0 Å². The lowest BCUT2D eigenvalue weighted by atomic mass is 10.1. The predicted octanol–water partition coefficient (Wildman–Crippen LogP) is 7.02. The Kier molecular flexibility index (Phi) is 13.8. The molecule has 0 aliphatic rings. The Bertz CT molecular complexity index is 385. The maximum atomic E-state index is 2.40. The second kappa shape index (κ2) is 15.7. The van der Waals surface area contributed by atoms with E-state index in [9.17, 15) is 0 Å². The molecule has 0 unspecified atom stereocenters. The van der Waals surface area contributed by atoms with Gasteiger partial charge >= 0.3 is 0 Å². The molecule has 0 amide bonds. The minimum atomic E-state index is 1.19. The zero-order valence-electron chi connectivity index (χ0n) is 16.6. The molecule has 0 saturated heterocycles. The average Bonchev–Trinajstić information content (AvgIpc) is 2.60. The van der Waals surface area contributed by atoms with Crippen molar-refractivity contribution in [3.05, 3.63) is 30.1 Å². The summed E-state index contributed by atoms with van der Waals surface area (Å²) in [7, 11) is 0. The van der Waals surface area contributed by atoms with Crippen molar-refractivity contribution in [2.24, 2.45) is 0 Å². The highest BCUT2D eigenvalue weighted by Crippen LogP contribution is 2.11. The van der Waals surface area contributed by atoms with E-state index >= 15 is 0 Å². The molecule has 0 saturated carbocycles. The zero-order chi connectivity index (χ0) is 17.3. The SMILES string of the molecule is CCCCCCCCCCCCC[n+]1cccc(CCCCC)c1. The average molecular weight is 333 g/mol. The van der Waals surface area contributed by atoms with Crippen molar-refractivity contribution in [2.45, 2.75) is 117 Å². The van der Waals surface area contributed by atoms with Crippen LogP contribution in [-0.4, -0.2) is 0 Å². The Morgan fingerprint density at radius 3 is 1.83 bits per heavy atom. The van der Waals surface area contributed by atoms with E-state index in [4.69, 9.17) is 0 Å². The summed E-state index contributed by atoms with van der Waals surface area (Å²) in [5, 5.41) is 0. The first-order valence-corrected chi connectivity index (χ1v) is 10.8. The molecule has 0 N–H and O–H groups in total. The minimum Gasteiger partial charge on any atom is -0.205 e. The van der Waals surface area contributed by atoms with Crippen LogP contribution in [0.3, 0.4) is 0 Å². The number of aryl methyl sites for hydroxylation is 2. The highest BCUT2D eigenvalue weighted by Gasteiger charge is 2.03. The highest BCUT2D eigenvalue weighted by atomic mass is 14.9. The maximum Gasteiger partial charge on any atom is 0.171 e. The Balaban J connectivity index is 1.98. The Labute approximate surface area is 151 Å². The summed E-state index contributed by atoms with van der Waals surface area (Å²) in [5.41, 5.74) is 1.51. The van der Waals surface area contributed by atoms with Crippen molar-refractivity contribution in [3.8, 4) is 0 Å². The third kappa shape index (κ3) is 11.6. The van der Waals surface area contributed by atoms with E-state index in [1.54, 1.807) is 0 Å². The maximum absolute atomic E-state index is 2.40. The van der Waals surface area contributed by atoms with E-state index in [2.05, 4.69) is 42.9 Å². The summed E-state index contributed by atoms with van der Waals surface area (Å²) in [6, 6.07) is 4.51. The number of aromatic nitrogens is 1. The van der Waals surface area contributed by atoms with Crippen LogP contribution < -0.4 is 4.57 Å². The lowest BCUT2D eigenvalue weighted by Crippen LogP contribution is -2.33. The largest absolute Gasteiger partial charge is 0.205 e. The third-order valence-corrected chi connectivity index (χ3v) is 5.01. The quantitative estimate of drug-likeness (QED) is 0.226. The summed E-state index contributed by atoms with van der Waals surface area (Å²) in [6.45, 7) is 5.76. The van der Waals surface area contributed by atoms with E-state index in [1.807, 2.05) is 0 Å². The van der Waals surface area contributed by atoms with E-state index in [0.29, 0.717) is 0 Å². The first-order valence-electron chi connectivity index (χ1n) is 10.8. The highest BCUT2D eigenvalue weighted by molar-refractivity contribution is 5.05. The van der Waals surface area contributed by atoms with E-state index in [0.717, 1.165) is 0 Å². The van der Waals surface area contributed by atoms with Gasteiger partial charge in [-0.1, -0.05) is 84.5 Å². The summed E-state index contributed by atoms with van der Waals surface area (Å²) in [6.07, 6.45) is 25.5. The van der Waals surface area contributed by atoms with Crippen molar-refractivity contribution in [3.63, 3.8) is 0 Å². The fourth-order valence-electron chi connectivity index (χ4n) is 3.40. The summed E-state index contributed by atoms with van der Waals surface area (Å²) in [5.74, 6) is 0. The third-order valence-electron chi connectivity index (χ3n) is 5.01. The van der Waals surface area contributed by atoms with Crippen LogP contribution in [0.15, 0.2) is 24.5 Å². The van der Waals surface area contributed by atoms with Gasteiger partial charge in [0.2, 0.25) is 0 Å². The minimum absolute atomic E-state index is 1.19. The second-order valence-electron chi connectivity index (χ2n) is 7.44. The molecule has 1 rings (SSSR count). The number of hydrogen-bond acceptors (Lipinski definition) is 0. The second-order valence-corrected chi connectivity index (χ2v) is 7.44. The lowest BCUT2D eigenvalue weighted by Gasteiger charge is -2.03. The van der Waals surface area contributed by atoms with Crippen LogP contribution in [0.1, 0.15) is 109 Å². The van der Waals surface area contributed by atoms with E-state index in [1.165, 1.54) is 108 Å². The summed E-state index contributed by atoms with van der Waals surface area (Å²) < 4.78 is 2.40. The number of hydrogen-bond donors (Lipinski definition) is 0. The fourth-order valence-corrected chi connectivity index (χ4v) is 3.40. The monoisotopic (exact) mass is 332 g/mol. The van der Waals surface area contributed by atoms with Crippen LogP contribution in [0.2, 0.25) is 0 Å². The van der Waals surface area contributed by atoms with Crippen molar-refractivity contribution < 1.29 is 4.57 Å². The van der Waals surface area contributed by atoms with Crippen LogP contribution >= 0.6 is 0 Å². The van der Waals surface area contributed by atoms with Crippen molar-refractivity contribution in [1.82, 2.24) is 0 Å². The molecule has 0 aromatic carbocycles. The van der Waals surface area contributed by atoms with E-state index < -0.39 is 0 Å². The van der Waals surface area contributed by atoms with Crippen molar-refractivity contribution in [2.75, 3.05) is 0 Å². The van der Waals surface area contributed by atoms with Gasteiger partial charge in [-0.05, 0) is 25.3 Å². The molecule has 1 heteroatoms. The first-order chi connectivity index (χ1) is 11.9. The number of unbranched alkanes of at least 4 members (excludes halogenated alkanes) is 12. The predicted molar refractivity (Wildman–Crippen MR) is 106 cm³/mol. The molecular weight excluding hydrogens is 290 g/mol. The molecule has 0 radical (unpaired) electrons. The normalized spacial score (nSPS) is 11.1. The number of rotatable bonds is 16. The van der Waals surface area contributed by atoms with Gasteiger partial charge < -0.3 is 0 Å². The molecule has 0 fully saturated rings. The zero-order valence-corrected chi connectivity index (χ0v) is 16.6. The molecule has 1 nitrogen and oxygen atoms in total. The lowest BCUT2D eigenvalue weighted by molar-refractivity contribution is -0.697. The Morgan fingerprint density at radius 2 is 1.21 bits per heavy atom. The van der Waals surface area contributed by atoms with Crippen LogP contribution in [0, 0.1) is 0 Å². The van der Waals surface area contributed by atoms with Crippen molar-refractivity contribution in [1.29, 1.82) is 0 Å². The molecule has 0 bridgehead atoms. The Morgan fingerprint density at radius 1 is 0.667 bits per heavy atom. The van der Waals surface area contributed by atoms with Gasteiger partial charge in [-0.3, -0.25) is 0 Å². The first kappa shape index (κ1) is 21.2. The fraction of sp³-hybridized carbons (Fsp3) is 0.783. The summed E-state index contributed by atoms with van der Waals surface area (Å²) in [4.78, 5) is 0. The standard InChI is InChI=1S/C23H42N/c1-3-5-7-8-9-10-11-12-13-14-16-20-24-21-17-19-23(22-24)18-15-6-4-2/h17,19,21-22H,3-16,18,20H2,1-2H3/q+1. The van der Waals surface area contributed by atoms with Gasteiger partial charge in [-0.15, -0.1) is 0 Å². The topological polar surface area (TPSA) is 3.88 Å². The smallest absolute Gasteiger partial charge is 0.171 e. The molecule has 0 aliphatic carbocycles. The molecule has 0 aliphatic heterocycles. The van der Waals surface area contributed by atoms with Gasteiger partial charge in [-0.25, -0.2) is 4.57 Å². The number of pyridine rings is 1. The summed E-state index contributed by atoms with van der Waals surface area (Å²) >= 11 is 0. The molecule has 138 valence electrons. The molecule has 1 aromatic rings. The Hall–Kier alpha value is -0.850. The van der Waals surface area contributed by atoms with Gasteiger partial charge in [-0.2, -0.15) is 0 Å². The van der Waals surface area contributed by atoms with Crippen LogP contribution in [0.5, 0.6) is 0 Å². The number of nitrogens with zero attached hydrogens (tertiary/aromatic N) is 1. The van der Waals surface area contributed by atoms with Gasteiger partial charge in [0.05, 0.1) is 0 Å². The van der Waals surface area contributed by atoms with Gasteiger partial charge in [0.1, 0.15) is 6.54 Å². The molecule has 0 spiro atoms. The van der Waals surface area contributed by atoms with Crippen LogP contribution in [0.4, 0.5) is 0 Å². The molecule has 1 aromatic heterocycles. The van der Waals surface area contributed by atoms with Gasteiger partial charge in [0, 0.05) is 18.1 Å². The molecule has 24 heavy (non-hydrogen) atoms. The van der Waals surface area contributed by atoms with Crippen LogP contribution in [-0.2, 0) is 13.0 Å². The van der Waals surface area contributed by atoms with Gasteiger partial charge in [0.25, 0.3) is 0 Å². The van der Waals surface area contributed by atoms with Crippen LogP contribution in [0.25, 0.3) is 0 Å². The van der Waals surface area contributed by atoms with Crippen molar-refractivity contribution >= 4 is 0 Å². The van der Waals surface area contributed by atoms with Gasteiger partial charge in [0.15, 0.2) is 12.4 Å². The molecule has 0 atom stereocenters. The molecular formula is C23H42N+. The molecule has 1 heterocycles.